The highest BCUT2D eigenvalue weighted by molar-refractivity contribution is 7.92. The monoisotopic (exact) mass is 322 g/mol. The van der Waals surface area contributed by atoms with Gasteiger partial charge < -0.3 is 5.73 Å². The molecule has 0 spiro atoms. The van der Waals surface area contributed by atoms with Crippen LogP contribution in [0.5, 0.6) is 0 Å². The van der Waals surface area contributed by atoms with Crippen molar-refractivity contribution in [1.29, 1.82) is 0 Å². The molecule has 1 aromatic carbocycles. The zero-order chi connectivity index (χ0) is 15.2. The molecule has 20 heavy (non-hydrogen) atoms. The first-order valence-corrected chi connectivity index (χ1v) is 9.13. The largest absolute Gasteiger partial charge is 0.396 e. The standard InChI is InChI=1S/C11H15FN2O4S2/c1-11(4-5-19(15,16)7-11)14-20(17,18)8-2-3-10(13)9(12)6-8/h2-3,6,14H,4-5,7,13H2,1H3. The second-order valence-electron chi connectivity index (χ2n) is 5.19. The van der Waals surface area contributed by atoms with Crippen molar-refractivity contribution in [1.82, 2.24) is 4.72 Å². The predicted octanol–water partition coefficient (Wildman–Crippen LogP) is 0.263. The van der Waals surface area contributed by atoms with Crippen LogP contribution in [0.2, 0.25) is 0 Å². The normalized spacial score (nSPS) is 25.7. The van der Waals surface area contributed by atoms with E-state index in [-0.39, 0.29) is 28.5 Å². The molecule has 2 rings (SSSR count). The molecule has 1 fully saturated rings. The minimum atomic E-state index is -4.00. The van der Waals surface area contributed by atoms with Crippen LogP contribution in [0, 0.1) is 5.82 Å². The third kappa shape index (κ3) is 3.10. The van der Waals surface area contributed by atoms with Gasteiger partial charge in [-0.3, -0.25) is 0 Å². The van der Waals surface area contributed by atoms with Crippen molar-refractivity contribution in [3.8, 4) is 0 Å². The van der Waals surface area contributed by atoms with Crippen LogP contribution in [0.15, 0.2) is 23.1 Å². The number of benzene rings is 1. The van der Waals surface area contributed by atoms with Crippen molar-refractivity contribution in [3.05, 3.63) is 24.0 Å². The Bertz CT molecular complexity index is 746. The Kier molecular flexibility index (Phi) is 3.55. The summed E-state index contributed by atoms with van der Waals surface area (Å²) in [7, 11) is -7.25. The first-order chi connectivity index (χ1) is 9.03. The van der Waals surface area contributed by atoms with Gasteiger partial charge in [0.2, 0.25) is 10.0 Å². The van der Waals surface area contributed by atoms with Gasteiger partial charge in [-0.15, -0.1) is 0 Å². The number of hydrogen-bond acceptors (Lipinski definition) is 5. The molecular formula is C11H15FN2O4S2. The van der Waals surface area contributed by atoms with Crippen LogP contribution in [0.3, 0.4) is 0 Å². The summed E-state index contributed by atoms with van der Waals surface area (Å²) in [5, 5.41) is 0. The number of nitrogens with one attached hydrogen (secondary N) is 1. The van der Waals surface area contributed by atoms with Crippen molar-refractivity contribution in [3.63, 3.8) is 0 Å². The maximum atomic E-state index is 13.3. The third-order valence-corrected chi connectivity index (χ3v) is 6.71. The molecule has 1 saturated heterocycles. The lowest BCUT2D eigenvalue weighted by Gasteiger charge is -2.23. The molecule has 1 heterocycles. The summed E-state index contributed by atoms with van der Waals surface area (Å²) in [6.45, 7) is 1.52. The lowest BCUT2D eigenvalue weighted by molar-refractivity contribution is 0.461. The molecule has 1 aromatic rings. The van der Waals surface area contributed by atoms with Gasteiger partial charge in [0.1, 0.15) is 5.82 Å². The van der Waals surface area contributed by atoms with E-state index in [1.807, 2.05) is 0 Å². The molecule has 0 saturated carbocycles. The van der Waals surface area contributed by atoms with E-state index in [1.165, 1.54) is 13.0 Å². The summed E-state index contributed by atoms with van der Waals surface area (Å²) in [4.78, 5) is -0.283. The molecule has 0 aliphatic carbocycles. The zero-order valence-corrected chi connectivity index (χ0v) is 12.4. The maximum Gasteiger partial charge on any atom is 0.241 e. The lowest BCUT2D eigenvalue weighted by Crippen LogP contribution is -2.46. The van der Waals surface area contributed by atoms with E-state index in [1.54, 1.807) is 0 Å². The Balaban J connectivity index is 2.30. The number of anilines is 1. The predicted molar refractivity (Wildman–Crippen MR) is 72.8 cm³/mol. The van der Waals surface area contributed by atoms with E-state index in [9.17, 15) is 21.2 Å². The van der Waals surface area contributed by atoms with Gasteiger partial charge in [-0.1, -0.05) is 0 Å². The van der Waals surface area contributed by atoms with Crippen LogP contribution in [-0.4, -0.2) is 33.9 Å². The molecule has 9 heteroatoms. The molecule has 3 N–H and O–H groups in total. The van der Waals surface area contributed by atoms with Crippen LogP contribution >= 0.6 is 0 Å². The fourth-order valence-electron chi connectivity index (χ4n) is 2.15. The number of hydrogen-bond donors (Lipinski definition) is 2. The van der Waals surface area contributed by atoms with Gasteiger partial charge in [0.15, 0.2) is 9.84 Å². The molecule has 0 radical (unpaired) electrons. The molecular weight excluding hydrogens is 307 g/mol. The van der Waals surface area contributed by atoms with Gasteiger partial charge in [0.05, 0.1) is 22.1 Å². The lowest BCUT2D eigenvalue weighted by atomic mass is 10.0. The number of nitrogen functional groups attached to an aromatic ring is 1. The SMILES string of the molecule is CC1(NS(=O)(=O)c2ccc(N)c(F)c2)CCS(=O)(=O)C1. The number of rotatable bonds is 3. The van der Waals surface area contributed by atoms with E-state index < -0.39 is 31.2 Å². The summed E-state index contributed by atoms with van der Waals surface area (Å²) >= 11 is 0. The Morgan fingerprint density at radius 3 is 2.55 bits per heavy atom. The number of sulfonamides is 1. The molecule has 1 aliphatic rings. The Morgan fingerprint density at radius 2 is 2.05 bits per heavy atom. The smallest absolute Gasteiger partial charge is 0.241 e. The van der Waals surface area contributed by atoms with E-state index in [4.69, 9.17) is 5.73 Å². The second kappa shape index (κ2) is 4.68. The highest BCUT2D eigenvalue weighted by Gasteiger charge is 2.41. The minimum Gasteiger partial charge on any atom is -0.396 e. The zero-order valence-electron chi connectivity index (χ0n) is 10.8. The first kappa shape index (κ1) is 15.2. The van der Waals surface area contributed by atoms with Crippen LogP contribution in [0.4, 0.5) is 10.1 Å². The van der Waals surface area contributed by atoms with Gasteiger partial charge in [-0.25, -0.2) is 25.9 Å². The van der Waals surface area contributed by atoms with Crippen molar-refractivity contribution in [2.24, 2.45) is 0 Å². The minimum absolute atomic E-state index is 0.0673. The van der Waals surface area contributed by atoms with E-state index in [0.29, 0.717) is 0 Å². The molecule has 6 nitrogen and oxygen atoms in total. The topological polar surface area (TPSA) is 106 Å². The van der Waals surface area contributed by atoms with Crippen LogP contribution < -0.4 is 10.5 Å². The number of halogens is 1. The first-order valence-electron chi connectivity index (χ1n) is 5.83. The molecule has 1 unspecified atom stereocenters. The average Bonchev–Trinajstić information content (AvgIpc) is 2.55. The molecule has 0 aromatic heterocycles. The Labute approximate surface area is 117 Å². The van der Waals surface area contributed by atoms with Crippen LogP contribution in [0.25, 0.3) is 0 Å². The summed E-state index contributed by atoms with van der Waals surface area (Å²) in [5.74, 6) is -1.17. The maximum absolute atomic E-state index is 13.3. The fraction of sp³-hybridized carbons (Fsp3) is 0.455. The third-order valence-electron chi connectivity index (χ3n) is 3.17. The molecule has 0 bridgehead atoms. The summed E-state index contributed by atoms with van der Waals surface area (Å²) in [5.41, 5.74) is 4.06. The van der Waals surface area contributed by atoms with Gasteiger partial charge in [-0.05, 0) is 31.5 Å². The second-order valence-corrected chi connectivity index (χ2v) is 9.06. The molecule has 1 aliphatic heterocycles. The van der Waals surface area contributed by atoms with Crippen molar-refractivity contribution in [2.45, 2.75) is 23.8 Å². The molecule has 0 amide bonds. The Morgan fingerprint density at radius 1 is 1.40 bits per heavy atom. The number of sulfone groups is 1. The Hall–Kier alpha value is -1.19. The van der Waals surface area contributed by atoms with Gasteiger partial charge in [0.25, 0.3) is 0 Å². The van der Waals surface area contributed by atoms with Crippen LogP contribution in [-0.2, 0) is 19.9 Å². The van der Waals surface area contributed by atoms with Crippen molar-refractivity contribution in [2.75, 3.05) is 17.2 Å². The summed E-state index contributed by atoms with van der Waals surface area (Å²) in [6, 6.07) is 3.13. The van der Waals surface area contributed by atoms with Crippen molar-refractivity contribution >= 4 is 25.5 Å². The molecule has 112 valence electrons. The van der Waals surface area contributed by atoms with Crippen molar-refractivity contribution < 1.29 is 21.2 Å². The average molecular weight is 322 g/mol. The summed E-state index contributed by atoms with van der Waals surface area (Å²) < 4.78 is 62.9. The quantitative estimate of drug-likeness (QED) is 0.777. The summed E-state index contributed by atoms with van der Waals surface area (Å²) in [6.07, 6.45) is 0.187. The number of nitrogens with two attached hydrogens (primary N) is 1. The van der Waals surface area contributed by atoms with Crippen LogP contribution in [0.1, 0.15) is 13.3 Å². The van der Waals surface area contributed by atoms with Gasteiger partial charge >= 0.3 is 0 Å². The highest BCUT2D eigenvalue weighted by atomic mass is 32.2. The highest BCUT2D eigenvalue weighted by Crippen LogP contribution is 2.26. The van der Waals surface area contributed by atoms with E-state index >= 15 is 0 Å². The van der Waals surface area contributed by atoms with E-state index in [0.717, 1.165) is 12.1 Å². The van der Waals surface area contributed by atoms with Gasteiger partial charge in [-0.2, -0.15) is 0 Å². The van der Waals surface area contributed by atoms with E-state index in [2.05, 4.69) is 4.72 Å². The van der Waals surface area contributed by atoms with Gasteiger partial charge in [0, 0.05) is 5.54 Å². The molecule has 1 atom stereocenters. The fourth-order valence-corrected chi connectivity index (χ4v) is 5.78.